The lowest BCUT2D eigenvalue weighted by molar-refractivity contribution is -0.141. The third kappa shape index (κ3) is 5.49. The van der Waals surface area contributed by atoms with E-state index in [4.69, 9.17) is 0 Å². The molecule has 0 bridgehead atoms. The van der Waals surface area contributed by atoms with Gasteiger partial charge in [0.25, 0.3) is 0 Å². The van der Waals surface area contributed by atoms with E-state index in [1.807, 2.05) is 6.92 Å². The minimum Gasteiger partial charge on any atom is -0.508 e. The molecule has 3 nitrogen and oxygen atoms in total. The van der Waals surface area contributed by atoms with E-state index in [1.165, 1.54) is 30.1 Å². The molecule has 2 rings (SSSR count). The van der Waals surface area contributed by atoms with Crippen LogP contribution in [0.15, 0.2) is 41.9 Å². The number of hydrogen-bond donors (Lipinski definition) is 2. The Kier molecular flexibility index (Phi) is 5.98. The van der Waals surface area contributed by atoms with E-state index in [0.717, 1.165) is 12.1 Å². The van der Waals surface area contributed by atoms with E-state index in [1.54, 1.807) is 12.2 Å². The third-order valence-electron chi connectivity index (χ3n) is 3.45. The highest BCUT2D eigenvalue weighted by Gasteiger charge is 2.35. The Morgan fingerprint density at radius 3 is 2.96 bits per heavy atom. The van der Waals surface area contributed by atoms with Crippen LogP contribution in [0.5, 0.6) is 0 Å². The molecular formula is C16H19F3N2OS. The van der Waals surface area contributed by atoms with E-state index in [2.05, 4.69) is 10.3 Å². The van der Waals surface area contributed by atoms with Crippen molar-refractivity contribution in [2.45, 2.75) is 36.9 Å². The van der Waals surface area contributed by atoms with Crippen LogP contribution in [0.1, 0.15) is 31.0 Å². The van der Waals surface area contributed by atoms with Crippen LogP contribution < -0.4 is 5.32 Å². The van der Waals surface area contributed by atoms with Crippen LogP contribution in [0.3, 0.4) is 0 Å². The van der Waals surface area contributed by atoms with E-state index in [0.29, 0.717) is 13.0 Å². The third-order valence-corrected chi connectivity index (χ3v) is 4.80. The van der Waals surface area contributed by atoms with Gasteiger partial charge in [0.2, 0.25) is 0 Å². The second-order valence-corrected chi connectivity index (χ2v) is 6.65. The molecular weight excluding hydrogens is 325 g/mol. The number of alkyl halides is 3. The first-order chi connectivity index (χ1) is 10.9. The number of pyridine rings is 1. The van der Waals surface area contributed by atoms with Gasteiger partial charge in [-0.15, -0.1) is 0 Å². The average molecular weight is 344 g/mol. The lowest BCUT2D eigenvalue weighted by Gasteiger charge is -2.18. The summed E-state index contributed by atoms with van der Waals surface area (Å²) in [6.45, 7) is 2.50. The molecule has 126 valence electrons. The molecule has 1 aliphatic rings. The number of nitrogens with one attached hydrogen (secondary N) is 1. The van der Waals surface area contributed by atoms with Gasteiger partial charge >= 0.3 is 6.18 Å². The molecule has 1 unspecified atom stereocenters. The fraction of sp³-hybridized carbons (Fsp3) is 0.438. The first-order valence-electron chi connectivity index (χ1n) is 7.30. The molecule has 2 N–H and O–H groups in total. The Bertz CT molecular complexity index is 599. The summed E-state index contributed by atoms with van der Waals surface area (Å²) in [5.74, 6) is 0.472. The van der Waals surface area contributed by atoms with Crippen molar-refractivity contribution in [1.29, 1.82) is 0 Å². The normalized spacial score (nSPS) is 24.3. The van der Waals surface area contributed by atoms with Crippen LogP contribution in [0.4, 0.5) is 13.2 Å². The summed E-state index contributed by atoms with van der Waals surface area (Å²) in [4.78, 5) is 3.48. The van der Waals surface area contributed by atoms with Crippen molar-refractivity contribution in [3.8, 4) is 0 Å². The van der Waals surface area contributed by atoms with Crippen LogP contribution in [0, 0.1) is 0 Å². The van der Waals surface area contributed by atoms with Gasteiger partial charge in [0.05, 0.1) is 0 Å². The molecule has 0 aromatic carbocycles. The van der Waals surface area contributed by atoms with Gasteiger partial charge in [-0.1, -0.05) is 6.07 Å². The second kappa shape index (κ2) is 7.77. The molecule has 0 spiro atoms. The van der Waals surface area contributed by atoms with Gasteiger partial charge < -0.3 is 10.4 Å². The lowest BCUT2D eigenvalue weighted by atomic mass is 10.2. The molecule has 1 atom stereocenters. The quantitative estimate of drug-likeness (QED) is 0.851. The van der Waals surface area contributed by atoms with Crippen molar-refractivity contribution in [1.82, 2.24) is 10.3 Å². The van der Waals surface area contributed by atoms with Crippen molar-refractivity contribution >= 4 is 11.8 Å². The standard InChI is InChI=1S/C16H19F3N2OS/c1-11-8-13(22)5-2-6-14(9-21-11)23-10-12-4-3-7-20-15(12)16(17,18)19/h3-5,7-8,14,21-22H,2,6,9-10H2,1H3/b11-8-,13-5+. The average Bonchev–Trinajstić information content (AvgIpc) is 2.55. The highest BCUT2D eigenvalue weighted by Crippen LogP contribution is 2.33. The van der Waals surface area contributed by atoms with E-state index >= 15 is 0 Å². The molecule has 0 amide bonds. The molecule has 0 saturated heterocycles. The fourth-order valence-corrected chi connectivity index (χ4v) is 3.44. The molecule has 7 heteroatoms. The van der Waals surface area contributed by atoms with Gasteiger partial charge in [-0.3, -0.25) is 4.98 Å². The smallest absolute Gasteiger partial charge is 0.433 e. The van der Waals surface area contributed by atoms with Crippen LogP contribution in [0.2, 0.25) is 0 Å². The number of aliphatic hydroxyl groups excluding tert-OH is 1. The fourth-order valence-electron chi connectivity index (χ4n) is 2.29. The molecule has 23 heavy (non-hydrogen) atoms. The number of nitrogens with zero attached hydrogens (tertiary/aromatic N) is 1. The second-order valence-electron chi connectivity index (χ2n) is 5.36. The van der Waals surface area contributed by atoms with Gasteiger partial charge in [0.1, 0.15) is 11.5 Å². The number of halogens is 3. The summed E-state index contributed by atoms with van der Waals surface area (Å²) >= 11 is 1.48. The molecule has 1 aliphatic heterocycles. The highest BCUT2D eigenvalue weighted by atomic mass is 32.2. The van der Waals surface area contributed by atoms with E-state index in [-0.39, 0.29) is 22.3 Å². The van der Waals surface area contributed by atoms with E-state index < -0.39 is 11.9 Å². The Hall–Kier alpha value is -1.63. The summed E-state index contributed by atoms with van der Waals surface area (Å²) in [5, 5.41) is 13.0. The largest absolute Gasteiger partial charge is 0.508 e. The lowest BCUT2D eigenvalue weighted by Crippen LogP contribution is -2.23. The van der Waals surface area contributed by atoms with E-state index in [9.17, 15) is 18.3 Å². The number of allylic oxidation sites excluding steroid dienone is 3. The summed E-state index contributed by atoms with van der Waals surface area (Å²) in [7, 11) is 0. The Morgan fingerprint density at radius 1 is 1.43 bits per heavy atom. The maximum atomic E-state index is 13.0. The van der Waals surface area contributed by atoms with Gasteiger partial charge in [0.15, 0.2) is 0 Å². The number of hydrogen-bond acceptors (Lipinski definition) is 4. The molecule has 0 radical (unpaired) electrons. The van der Waals surface area contributed by atoms with Crippen LogP contribution >= 0.6 is 11.8 Å². The first-order valence-corrected chi connectivity index (χ1v) is 8.35. The summed E-state index contributed by atoms with van der Waals surface area (Å²) in [6.07, 6.45) is 1.59. The summed E-state index contributed by atoms with van der Waals surface area (Å²) in [5.41, 5.74) is 0.233. The number of aliphatic hydroxyl groups is 1. The van der Waals surface area contributed by atoms with Crippen molar-refractivity contribution in [3.63, 3.8) is 0 Å². The van der Waals surface area contributed by atoms with Gasteiger partial charge in [-0.05, 0) is 43.5 Å². The molecule has 2 heterocycles. The highest BCUT2D eigenvalue weighted by molar-refractivity contribution is 7.99. The molecule has 0 saturated carbocycles. The molecule has 1 aromatic rings. The van der Waals surface area contributed by atoms with Crippen molar-refractivity contribution in [3.05, 3.63) is 53.2 Å². The zero-order chi connectivity index (χ0) is 16.9. The Morgan fingerprint density at radius 2 is 2.22 bits per heavy atom. The topological polar surface area (TPSA) is 45.2 Å². The zero-order valence-corrected chi connectivity index (χ0v) is 13.5. The SMILES string of the molecule is C/C1=C/C(O)=C\CCC(SCc2cccnc2C(F)(F)F)CN1. The predicted octanol–water partition coefficient (Wildman–Crippen LogP) is 4.43. The number of aromatic nitrogens is 1. The molecule has 1 aromatic heterocycles. The summed E-state index contributed by atoms with van der Waals surface area (Å²) in [6, 6.07) is 3.00. The number of thioether (sulfide) groups is 1. The maximum absolute atomic E-state index is 13.0. The van der Waals surface area contributed by atoms with Gasteiger partial charge in [-0.25, -0.2) is 0 Å². The Balaban J connectivity index is 2.02. The monoisotopic (exact) mass is 344 g/mol. The summed E-state index contributed by atoms with van der Waals surface area (Å²) < 4.78 is 38.9. The zero-order valence-electron chi connectivity index (χ0n) is 12.7. The molecule has 0 fully saturated rings. The van der Waals surface area contributed by atoms with Crippen molar-refractivity contribution in [2.75, 3.05) is 6.54 Å². The van der Waals surface area contributed by atoms with Crippen LogP contribution in [-0.2, 0) is 11.9 Å². The molecule has 0 aliphatic carbocycles. The first kappa shape index (κ1) is 17.7. The maximum Gasteiger partial charge on any atom is 0.433 e. The Labute approximate surface area is 137 Å². The van der Waals surface area contributed by atoms with Crippen LogP contribution in [-0.4, -0.2) is 21.9 Å². The van der Waals surface area contributed by atoms with Gasteiger partial charge in [0, 0.05) is 29.4 Å². The van der Waals surface area contributed by atoms with Crippen LogP contribution in [0.25, 0.3) is 0 Å². The number of rotatable bonds is 3. The predicted molar refractivity (Wildman–Crippen MR) is 86.0 cm³/mol. The minimum absolute atomic E-state index is 0.154. The van der Waals surface area contributed by atoms with Crippen molar-refractivity contribution < 1.29 is 18.3 Å². The van der Waals surface area contributed by atoms with Gasteiger partial charge in [-0.2, -0.15) is 24.9 Å². The van der Waals surface area contributed by atoms with Crippen molar-refractivity contribution in [2.24, 2.45) is 0 Å². The minimum atomic E-state index is -4.43.